The maximum atomic E-state index is 15.3. The van der Waals surface area contributed by atoms with Crippen LogP contribution in [0.5, 0.6) is 0 Å². The molecule has 1 aliphatic carbocycles. The summed E-state index contributed by atoms with van der Waals surface area (Å²) in [5, 5.41) is 2.81. The summed E-state index contributed by atoms with van der Waals surface area (Å²) in [6.07, 6.45) is -0.775. The summed E-state index contributed by atoms with van der Waals surface area (Å²) in [5.74, 6) is -4.47. The summed E-state index contributed by atoms with van der Waals surface area (Å²) in [6.45, 7) is 0.167. The fourth-order valence-electron chi connectivity index (χ4n) is 3.41. The van der Waals surface area contributed by atoms with Crippen LogP contribution in [0, 0.1) is 5.82 Å². The SMILES string of the molecule is O=S(=O)(Nc1ccc(CNc2ncnc(N(Cc3ccc(C(F)(F)F)nc3)C3CC3)c2F)cc1)C(F)F. The van der Waals surface area contributed by atoms with Crippen molar-refractivity contribution < 1.29 is 34.8 Å². The molecule has 4 rings (SSSR count). The number of anilines is 3. The molecule has 0 spiro atoms. The van der Waals surface area contributed by atoms with E-state index in [4.69, 9.17) is 0 Å². The molecule has 1 aliphatic rings. The Kier molecular flexibility index (Phi) is 7.43. The second-order valence-electron chi connectivity index (χ2n) is 8.23. The number of rotatable bonds is 10. The monoisotopic (exact) mass is 546 g/mol. The van der Waals surface area contributed by atoms with Gasteiger partial charge in [0.15, 0.2) is 11.6 Å². The first-order chi connectivity index (χ1) is 17.4. The third-order valence-corrected chi connectivity index (χ3v) is 6.40. The third kappa shape index (κ3) is 6.58. The maximum absolute atomic E-state index is 15.3. The lowest BCUT2D eigenvalue weighted by molar-refractivity contribution is -0.141. The molecule has 3 aromatic rings. The van der Waals surface area contributed by atoms with Crippen LogP contribution in [0.2, 0.25) is 0 Å². The highest BCUT2D eigenvalue weighted by molar-refractivity contribution is 7.93. The highest BCUT2D eigenvalue weighted by Crippen LogP contribution is 2.35. The number of nitrogens with zero attached hydrogens (tertiary/aromatic N) is 4. The van der Waals surface area contributed by atoms with Crippen LogP contribution in [0.4, 0.5) is 43.7 Å². The Morgan fingerprint density at radius 2 is 1.68 bits per heavy atom. The molecule has 0 radical (unpaired) electrons. The van der Waals surface area contributed by atoms with Crippen molar-refractivity contribution in [3.8, 4) is 0 Å². The van der Waals surface area contributed by atoms with Crippen molar-refractivity contribution >= 4 is 27.3 Å². The van der Waals surface area contributed by atoms with Crippen LogP contribution in [-0.4, -0.2) is 35.2 Å². The van der Waals surface area contributed by atoms with E-state index in [0.29, 0.717) is 11.1 Å². The molecule has 8 nitrogen and oxygen atoms in total. The van der Waals surface area contributed by atoms with Crippen LogP contribution >= 0.6 is 0 Å². The van der Waals surface area contributed by atoms with Gasteiger partial charge in [-0.3, -0.25) is 9.71 Å². The van der Waals surface area contributed by atoms with Crippen molar-refractivity contribution in [1.82, 2.24) is 15.0 Å². The second-order valence-corrected chi connectivity index (χ2v) is 9.88. The van der Waals surface area contributed by atoms with E-state index in [2.05, 4.69) is 20.3 Å². The van der Waals surface area contributed by atoms with Crippen molar-refractivity contribution in [1.29, 1.82) is 0 Å². The molecule has 2 aromatic heterocycles. The lowest BCUT2D eigenvalue weighted by Crippen LogP contribution is -2.28. The minimum absolute atomic E-state index is 0.0170. The Labute approximate surface area is 207 Å². The van der Waals surface area contributed by atoms with E-state index in [1.165, 1.54) is 30.3 Å². The summed E-state index contributed by atoms with van der Waals surface area (Å²) in [7, 11) is -4.80. The molecule has 0 amide bonds. The van der Waals surface area contributed by atoms with Gasteiger partial charge in [0.1, 0.15) is 12.0 Å². The van der Waals surface area contributed by atoms with Crippen LogP contribution in [0.25, 0.3) is 0 Å². The standard InChI is InChI=1S/C22H20F6N6O2S/c23-18-19(30-9-13-1-4-15(5-2-13)33-37(35,36)21(24)25)31-12-32-20(18)34(16-6-7-16)11-14-3-8-17(29-10-14)22(26,27)28/h1-5,8,10,12,16,21,33H,6-7,9,11H2,(H,30,31,32). The fraction of sp³-hybridized carbons (Fsp3) is 0.318. The number of sulfonamides is 1. The lowest BCUT2D eigenvalue weighted by atomic mass is 10.2. The van der Waals surface area contributed by atoms with Gasteiger partial charge in [0, 0.05) is 31.0 Å². The molecule has 0 atom stereocenters. The predicted octanol–water partition coefficient (Wildman–Crippen LogP) is 4.77. The molecule has 0 aliphatic heterocycles. The number of halogens is 6. The Balaban J connectivity index is 1.45. The number of alkyl halides is 5. The summed E-state index contributed by atoms with van der Waals surface area (Å²) < 4.78 is 103. The Morgan fingerprint density at radius 3 is 2.24 bits per heavy atom. The summed E-state index contributed by atoms with van der Waals surface area (Å²) in [6, 6.07) is 7.61. The molecule has 1 saturated carbocycles. The van der Waals surface area contributed by atoms with E-state index >= 15 is 4.39 Å². The third-order valence-electron chi connectivity index (χ3n) is 5.41. The number of nitrogens with one attached hydrogen (secondary N) is 2. The largest absolute Gasteiger partial charge is 0.433 e. The van der Waals surface area contributed by atoms with Crippen molar-refractivity contribution in [2.75, 3.05) is 14.9 Å². The van der Waals surface area contributed by atoms with Crippen molar-refractivity contribution in [2.24, 2.45) is 0 Å². The topological polar surface area (TPSA) is 100 Å². The summed E-state index contributed by atoms with van der Waals surface area (Å²) in [5.41, 5.74) is -0.0461. The molecule has 0 bridgehead atoms. The molecular weight excluding hydrogens is 526 g/mol. The van der Waals surface area contributed by atoms with Gasteiger partial charge in [0.05, 0.1) is 0 Å². The minimum atomic E-state index is -4.80. The normalized spacial score (nSPS) is 14.0. The van der Waals surface area contributed by atoms with Crippen LogP contribution in [0.1, 0.15) is 29.7 Å². The molecule has 198 valence electrons. The minimum Gasteiger partial charge on any atom is -0.363 e. The molecule has 0 saturated heterocycles. The van der Waals surface area contributed by atoms with E-state index in [1.54, 1.807) is 9.62 Å². The van der Waals surface area contributed by atoms with Crippen molar-refractivity contribution in [3.63, 3.8) is 0 Å². The number of hydrogen-bond donors (Lipinski definition) is 2. The van der Waals surface area contributed by atoms with Crippen LogP contribution < -0.4 is 14.9 Å². The average molecular weight is 546 g/mol. The van der Waals surface area contributed by atoms with Gasteiger partial charge in [0.2, 0.25) is 5.82 Å². The number of benzene rings is 1. The first-order valence-electron chi connectivity index (χ1n) is 10.9. The van der Waals surface area contributed by atoms with Crippen LogP contribution in [0.3, 0.4) is 0 Å². The number of aromatic nitrogens is 3. The number of hydrogen-bond acceptors (Lipinski definition) is 7. The van der Waals surface area contributed by atoms with E-state index in [9.17, 15) is 30.4 Å². The van der Waals surface area contributed by atoms with E-state index < -0.39 is 33.5 Å². The van der Waals surface area contributed by atoms with Crippen LogP contribution in [-0.2, 0) is 29.3 Å². The van der Waals surface area contributed by atoms with E-state index in [1.807, 2.05) is 0 Å². The van der Waals surface area contributed by atoms with E-state index in [0.717, 1.165) is 31.4 Å². The van der Waals surface area contributed by atoms with E-state index in [-0.39, 0.29) is 36.5 Å². The zero-order valence-electron chi connectivity index (χ0n) is 18.9. The highest BCUT2D eigenvalue weighted by Gasteiger charge is 2.34. The zero-order chi connectivity index (χ0) is 26.8. The van der Waals surface area contributed by atoms with Gasteiger partial charge in [0.25, 0.3) is 10.0 Å². The summed E-state index contributed by atoms with van der Waals surface area (Å²) >= 11 is 0. The Bertz CT molecular complexity index is 1330. The molecule has 1 fully saturated rings. The molecule has 1 aromatic carbocycles. The Hall–Kier alpha value is -3.62. The van der Waals surface area contributed by atoms with Gasteiger partial charge in [-0.1, -0.05) is 18.2 Å². The number of pyridine rings is 1. The highest BCUT2D eigenvalue weighted by atomic mass is 32.2. The fourth-order valence-corrected chi connectivity index (χ4v) is 3.97. The molecular formula is C22H20F6N6O2S. The average Bonchev–Trinajstić information content (AvgIpc) is 3.68. The smallest absolute Gasteiger partial charge is 0.363 e. The molecule has 2 heterocycles. The predicted molar refractivity (Wildman–Crippen MR) is 123 cm³/mol. The first-order valence-corrected chi connectivity index (χ1v) is 12.4. The van der Waals surface area contributed by atoms with Gasteiger partial charge >= 0.3 is 11.9 Å². The molecule has 2 N–H and O–H groups in total. The van der Waals surface area contributed by atoms with Gasteiger partial charge in [-0.25, -0.2) is 18.4 Å². The quantitative estimate of drug-likeness (QED) is 0.353. The summed E-state index contributed by atoms with van der Waals surface area (Å²) in [4.78, 5) is 13.0. The van der Waals surface area contributed by atoms with Crippen molar-refractivity contribution in [3.05, 3.63) is 71.6 Å². The van der Waals surface area contributed by atoms with Crippen molar-refractivity contribution in [2.45, 2.75) is 43.9 Å². The van der Waals surface area contributed by atoms with Gasteiger partial charge in [-0.15, -0.1) is 0 Å². The second kappa shape index (κ2) is 10.4. The lowest BCUT2D eigenvalue weighted by Gasteiger charge is -2.24. The molecule has 15 heteroatoms. The first kappa shape index (κ1) is 26.4. The molecule has 0 unspecified atom stereocenters. The zero-order valence-corrected chi connectivity index (χ0v) is 19.7. The van der Waals surface area contributed by atoms with Gasteiger partial charge in [-0.2, -0.15) is 26.3 Å². The van der Waals surface area contributed by atoms with Gasteiger partial charge < -0.3 is 10.2 Å². The Morgan fingerprint density at radius 1 is 1.00 bits per heavy atom. The maximum Gasteiger partial charge on any atom is 0.433 e. The van der Waals surface area contributed by atoms with Gasteiger partial charge in [-0.05, 0) is 42.2 Å². The van der Waals surface area contributed by atoms with Crippen LogP contribution in [0.15, 0.2) is 48.9 Å². The molecule has 37 heavy (non-hydrogen) atoms.